The summed E-state index contributed by atoms with van der Waals surface area (Å²) >= 11 is 0. The number of rotatable bonds is 9. The number of nitrogens with one attached hydrogen (secondary N) is 2. The Hall–Kier alpha value is -1.28. The van der Waals surface area contributed by atoms with Crippen molar-refractivity contribution in [1.29, 1.82) is 0 Å². The molecule has 5 nitrogen and oxygen atoms in total. The van der Waals surface area contributed by atoms with Crippen molar-refractivity contribution in [3.8, 4) is 0 Å². The van der Waals surface area contributed by atoms with Gasteiger partial charge >= 0.3 is 0 Å². The van der Waals surface area contributed by atoms with Crippen LogP contribution in [0.2, 0.25) is 0 Å². The Morgan fingerprint density at radius 1 is 1.32 bits per heavy atom. The van der Waals surface area contributed by atoms with Gasteiger partial charge < -0.3 is 20.5 Å². The largest absolute Gasteiger partial charge is 0.389 e. The molecule has 1 heterocycles. The van der Waals surface area contributed by atoms with Gasteiger partial charge in [-0.3, -0.25) is 4.79 Å². The summed E-state index contributed by atoms with van der Waals surface area (Å²) in [7, 11) is 0. The van der Waals surface area contributed by atoms with Crippen molar-refractivity contribution in [2.75, 3.05) is 13.2 Å². The Kier molecular flexibility index (Phi) is 10.3. The number of carbonyl (C=O) groups excluding carboxylic acids is 1. The normalized spacial score (nSPS) is 21.2. The van der Waals surface area contributed by atoms with Crippen LogP contribution in [0, 0.1) is 17.6 Å². The average molecular weight is 421 g/mol. The first-order valence-corrected chi connectivity index (χ1v) is 9.49. The molecule has 1 aromatic rings. The van der Waals surface area contributed by atoms with Gasteiger partial charge in [0.05, 0.1) is 18.2 Å². The van der Waals surface area contributed by atoms with E-state index in [0.717, 1.165) is 12.5 Å². The predicted octanol–water partition coefficient (Wildman–Crippen LogP) is 2.59. The van der Waals surface area contributed by atoms with Gasteiger partial charge in [-0.2, -0.15) is 0 Å². The number of benzene rings is 1. The molecule has 0 spiro atoms. The van der Waals surface area contributed by atoms with Gasteiger partial charge in [-0.05, 0) is 42.9 Å². The highest BCUT2D eigenvalue weighted by molar-refractivity contribution is 5.85. The van der Waals surface area contributed by atoms with Gasteiger partial charge in [0, 0.05) is 32.2 Å². The molecule has 0 bridgehead atoms. The third-order valence-corrected chi connectivity index (χ3v) is 4.76. The Labute approximate surface area is 171 Å². The van der Waals surface area contributed by atoms with E-state index in [2.05, 4.69) is 24.5 Å². The van der Waals surface area contributed by atoms with Gasteiger partial charge in [0.2, 0.25) is 5.91 Å². The summed E-state index contributed by atoms with van der Waals surface area (Å²) in [5, 5.41) is 16.7. The summed E-state index contributed by atoms with van der Waals surface area (Å²) in [5.41, 5.74) is 0.382. The average Bonchev–Trinajstić information content (AvgIpc) is 3.00. The van der Waals surface area contributed by atoms with Crippen LogP contribution in [-0.4, -0.2) is 48.5 Å². The molecule has 0 aliphatic carbocycles. The fraction of sp³-hybridized carbons (Fsp3) is 0.650. The molecule has 1 amide bonds. The zero-order valence-electron chi connectivity index (χ0n) is 16.6. The minimum atomic E-state index is -0.904. The summed E-state index contributed by atoms with van der Waals surface area (Å²) in [4.78, 5) is 11.6. The zero-order chi connectivity index (χ0) is 20.0. The minimum absolute atomic E-state index is 0. The Morgan fingerprint density at radius 3 is 2.54 bits per heavy atom. The molecule has 1 aliphatic rings. The second-order valence-electron chi connectivity index (χ2n) is 7.71. The summed E-state index contributed by atoms with van der Waals surface area (Å²) in [6.45, 7) is 6.92. The molecule has 8 heteroatoms. The molecule has 28 heavy (non-hydrogen) atoms. The van der Waals surface area contributed by atoms with E-state index in [9.17, 15) is 18.7 Å². The van der Waals surface area contributed by atoms with E-state index in [-0.39, 0.29) is 36.9 Å². The van der Waals surface area contributed by atoms with Gasteiger partial charge in [0.15, 0.2) is 0 Å². The maximum Gasteiger partial charge on any atom is 0.217 e. The fourth-order valence-electron chi connectivity index (χ4n) is 3.37. The lowest BCUT2D eigenvalue weighted by molar-refractivity contribution is -0.120. The highest BCUT2D eigenvalue weighted by Crippen LogP contribution is 2.19. The van der Waals surface area contributed by atoms with E-state index in [1.54, 1.807) is 0 Å². The second kappa shape index (κ2) is 11.7. The Morgan fingerprint density at radius 2 is 1.96 bits per heavy atom. The topological polar surface area (TPSA) is 70.6 Å². The minimum Gasteiger partial charge on any atom is -0.389 e. The van der Waals surface area contributed by atoms with Gasteiger partial charge in [-0.15, -0.1) is 12.4 Å². The van der Waals surface area contributed by atoms with Crippen molar-refractivity contribution >= 4 is 18.3 Å². The summed E-state index contributed by atoms with van der Waals surface area (Å²) in [5.74, 6) is -1.10. The molecular formula is C20H31ClF2N2O3. The van der Waals surface area contributed by atoms with E-state index in [4.69, 9.17) is 4.74 Å². The number of aliphatic hydroxyl groups excluding tert-OH is 1. The molecule has 1 saturated heterocycles. The smallest absolute Gasteiger partial charge is 0.217 e. The lowest BCUT2D eigenvalue weighted by atomic mass is 9.95. The number of halogens is 3. The number of carbonyl (C=O) groups is 1. The van der Waals surface area contributed by atoms with Crippen molar-refractivity contribution < 1.29 is 23.4 Å². The molecule has 1 aliphatic heterocycles. The first kappa shape index (κ1) is 24.8. The molecule has 0 aromatic heterocycles. The monoisotopic (exact) mass is 420 g/mol. The summed E-state index contributed by atoms with van der Waals surface area (Å²) < 4.78 is 32.7. The van der Waals surface area contributed by atoms with E-state index in [1.807, 2.05) is 0 Å². The third-order valence-electron chi connectivity index (χ3n) is 4.76. The highest BCUT2D eigenvalue weighted by Gasteiger charge is 2.35. The van der Waals surface area contributed by atoms with Crippen LogP contribution in [-0.2, 0) is 16.0 Å². The lowest BCUT2D eigenvalue weighted by Crippen LogP contribution is -2.51. The van der Waals surface area contributed by atoms with Crippen LogP contribution in [0.15, 0.2) is 18.2 Å². The van der Waals surface area contributed by atoms with Crippen LogP contribution >= 0.6 is 12.4 Å². The zero-order valence-corrected chi connectivity index (χ0v) is 17.4. The molecule has 0 radical (unpaired) electrons. The third kappa shape index (κ3) is 7.99. The molecule has 3 N–H and O–H groups in total. The van der Waals surface area contributed by atoms with Crippen molar-refractivity contribution in [2.45, 2.75) is 64.3 Å². The van der Waals surface area contributed by atoms with Crippen molar-refractivity contribution in [1.82, 2.24) is 10.6 Å². The Balaban J connectivity index is 0.00000392. The van der Waals surface area contributed by atoms with E-state index in [1.165, 1.54) is 19.1 Å². The molecule has 4 atom stereocenters. The van der Waals surface area contributed by atoms with Crippen LogP contribution in [0.4, 0.5) is 8.78 Å². The van der Waals surface area contributed by atoms with Gasteiger partial charge in [0.1, 0.15) is 11.6 Å². The van der Waals surface area contributed by atoms with E-state index in [0.29, 0.717) is 31.1 Å². The van der Waals surface area contributed by atoms with Gasteiger partial charge in [0.25, 0.3) is 0 Å². The molecule has 1 aromatic carbocycles. The van der Waals surface area contributed by atoms with Crippen molar-refractivity contribution in [3.63, 3.8) is 0 Å². The fourth-order valence-corrected chi connectivity index (χ4v) is 3.37. The van der Waals surface area contributed by atoms with Crippen molar-refractivity contribution in [2.24, 2.45) is 5.92 Å². The van der Waals surface area contributed by atoms with E-state index < -0.39 is 23.8 Å². The molecule has 160 valence electrons. The molecular weight excluding hydrogens is 390 g/mol. The number of hydrogen-bond acceptors (Lipinski definition) is 4. The maximum atomic E-state index is 13.5. The standard InChI is InChI=1S/C20H30F2N2O3.ClH/c1-12(2)4-5-27-17-10-18(23-11-17)20(26)19(24-13(3)25)8-14-6-15(21)9-16(22)7-14;/h6-7,9,12,17-20,23,26H,4-5,8,10-11H2,1-3H3,(H,24,25);1H/t17-,18-,19+,20-;/m1./s1. The Bertz CT molecular complexity index is 613. The summed E-state index contributed by atoms with van der Waals surface area (Å²) in [6, 6.07) is 2.31. The number of hydrogen-bond donors (Lipinski definition) is 3. The first-order chi connectivity index (χ1) is 12.7. The van der Waals surface area contributed by atoms with Crippen LogP contribution in [0.3, 0.4) is 0 Å². The SMILES string of the molecule is CC(=O)N[C@@H](Cc1cc(F)cc(F)c1)[C@H](O)[C@H]1C[C@@H](OCCC(C)C)CN1.Cl. The molecule has 2 rings (SSSR count). The van der Waals surface area contributed by atoms with Crippen LogP contribution in [0.25, 0.3) is 0 Å². The quantitative estimate of drug-likeness (QED) is 0.574. The van der Waals surface area contributed by atoms with Crippen LogP contribution < -0.4 is 10.6 Å². The van der Waals surface area contributed by atoms with Gasteiger partial charge in [-0.1, -0.05) is 13.8 Å². The second-order valence-corrected chi connectivity index (χ2v) is 7.71. The lowest BCUT2D eigenvalue weighted by Gasteiger charge is -2.28. The maximum absolute atomic E-state index is 13.5. The summed E-state index contributed by atoms with van der Waals surface area (Å²) in [6.07, 6.45) is 0.829. The number of aliphatic hydroxyl groups is 1. The number of ether oxygens (including phenoxy) is 1. The van der Waals surface area contributed by atoms with Gasteiger partial charge in [-0.25, -0.2) is 8.78 Å². The molecule has 0 unspecified atom stereocenters. The highest BCUT2D eigenvalue weighted by atomic mass is 35.5. The first-order valence-electron chi connectivity index (χ1n) is 9.49. The molecule has 1 fully saturated rings. The van der Waals surface area contributed by atoms with E-state index >= 15 is 0 Å². The number of amides is 1. The molecule has 0 saturated carbocycles. The van der Waals surface area contributed by atoms with Crippen LogP contribution in [0.5, 0.6) is 0 Å². The van der Waals surface area contributed by atoms with Crippen LogP contribution in [0.1, 0.15) is 39.2 Å². The predicted molar refractivity (Wildman–Crippen MR) is 107 cm³/mol. The van der Waals surface area contributed by atoms with Crippen molar-refractivity contribution in [3.05, 3.63) is 35.4 Å².